The van der Waals surface area contributed by atoms with Gasteiger partial charge in [0, 0.05) is 11.3 Å². The van der Waals surface area contributed by atoms with Crippen LogP contribution in [-0.4, -0.2) is 24.4 Å². The van der Waals surface area contributed by atoms with Gasteiger partial charge in [-0.1, -0.05) is 29.5 Å². The topological polar surface area (TPSA) is 108 Å². The van der Waals surface area contributed by atoms with Crippen molar-refractivity contribution in [2.45, 2.75) is 4.90 Å². The number of benzene rings is 3. The highest BCUT2D eigenvalue weighted by atomic mass is 32.2. The van der Waals surface area contributed by atoms with E-state index in [-0.39, 0.29) is 21.7 Å². The largest absolute Gasteiger partial charge is 0.508 e. The fourth-order valence-electron chi connectivity index (χ4n) is 2.63. The lowest BCUT2D eigenvalue weighted by molar-refractivity contribution is 0.102. The predicted molar refractivity (Wildman–Crippen MR) is 113 cm³/mol. The average molecular weight is 425 g/mol. The first-order chi connectivity index (χ1) is 13.9. The van der Waals surface area contributed by atoms with Crippen LogP contribution >= 0.6 is 11.3 Å². The Morgan fingerprint density at radius 2 is 1.69 bits per heavy atom. The summed E-state index contributed by atoms with van der Waals surface area (Å²) >= 11 is 1.14. The van der Waals surface area contributed by atoms with Crippen molar-refractivity contribution in [3.63, 3.8) is 0 Å². The number of thiazole rings is 1. The normalized spacial score (nSPS) is 11.3. The van der Waals surface area contributed by atoms with E-state index in [1.807, 2.05) is 0 Å². The molecule has 1 amide bonds. The third-order valence-corrected chi connectivity index (χ3v) is 6.47. The molecule has 0 unspecified atom stereocenters. The maximum atomic E-state index is 12.5. The van der Waals surface area contributed by atoms with E-state index in [2.05, 4.69) is 15.0 Å². The molecule has 1 aromatic heterocycles. The number of hydrogen-bond donors (Lipinski definition) is 3. The molecule has 0 saturated carbocycles. The molecule has 0 spiro atoms. The van der Waals surface area contributed by atoms with Crippen molar-refractivity contribution in [3.8, 4) is 5.75 Å². The number of phenols is 1. The number of aromatic nitrogens is 1. The van der Waals surface area contributed by atoms with Crippen LogP contribution in [0.1, 0.15) is 10.4 Å². The highest BCUT2D eigenvalue weighted by Gasteiger charge is 2.17. The first-order valence-corrected chi connectivity index (χ1v) is 10.8. The van der Waals surface area contributed by atoms with Crippen molar-refractivity contribution >= 4 is 48.3 Å². The maximum absolute atomic E-state index is 12.5. The molecule has 0 bridgehead atoms. The van der Waals surface area contributed by atoms with Crippen LogP contribution in [0, 0.1) is 0 Å². The van der Waals surface area contributed by atoms with Gasteiger partial charge in [-0.05, 0) is 54.6 Å². The SMILES string of the molecule is O=C(Nc1ccc(O)cc1)c1ccc2nc(NS(=O)(=O)c3ccccc3)sc2c1. The Morgan fingerprint density at radius 1 is 0.966 bits per heavy atom. The molecule has 4 rings (SSSR count). The number of amides is 1. The van der Waals surface area contributed by atoms with Gasteiger partial charge in [0.05, 0.1) is 15.1 Å². The van der Waals surface area contributed by atoms with Crippen molar-refractivity contribution in [2.24, 2.45) is 0 Å². The molecule has 0 aliphatic rings. The van der Waals surface area contributed by atoms with E-state index in [4.69, 9.17) is 0 Å². The third-order valence-electron chi connectivity index (χ3n) is 4.05. The number of sulfonamides is 1. The van der Waals surface area contributed by atoms with Crippen LogP contribution in [0.4, 0.5) is 10.8 Å². The molecule has 0 aliphatic carbocycles. The van der Waals surface area contributed by atoms with Crippen LogP contribution in [0.5, 0.6) is 5.75 Å². The monoisotopic (exact) mass is 425 g/mol. The molecule has 3 N–H and O–H groups in total. The van der Waals surface area contributed by atoms with Crippen LogP contribution in [0.2, 0.25) is 0 Å². The Labute approximate surface area is 170 Å². The van der Waals surface area contributed by atoms with E-state index in [9.17, 15) is 18.3 Å². The van der Waals surface area contributed by atoms with Crippen LogP contribution < -0.4 is 10.0 Å². The van der Waals surface area contributed by atoms with E-state index in [0.717, 1.165) is 11.3 Å². The lowest BCUT2D eigenvalue weighted by Crippen LogP contribution is -2.12. The van der Waals surface area contributed by atoms with Crippen LogP contribution in [0.25, 0.3) is 10.2 Å². The lowest BCUT2D eigenvalue weighted by Gasteiger charge is -2.05. The molecule has 1 heterocycles. The molecule has 7 nitrogen and oxygen atoms in total. The molecule has 4 aromatic rings. The molecule has 3 aromatic carbocycles. The number of carbonyl (C=O) groups excluding carboxylic acids is 1. The van der Waals surface area contributed by atoms with Crippen molar-refractivity contribution in [3.05, 3.63) is 78.4 Å². The molecule has 0 fully saturated rings. The fourth-order valence-corrected chi connectivity index (χ4v) is 4.79. The Kier molecular flexibility index (Phi) is 4.91. The number of anilines is 2. The Hall–Kier alpha value is -3.43. The zero-order valence-electron chi connectivity index (χ0n) is 14.9. The quantitative estimate of drug-likeness (QED) is 0.418. The number of carbonyl (C=O) groups is 1. The summed E-state index contributed by atoms with van der Waals surface area (Å²) in [4.78, 5) is 16.9. The second kappa shape index (κ2) is 7.53. The summed E-state index contributed by atoms with van der Waals surface area (Å²) in [5.41, 5.74) is 1.54. The van der Waals surface area contributed by atoms with Crippen LogP contribution in [0.3, 0.4) is 0 Å². The summed E-state index contributed by atoms with van der Waals surface area (Å²) in [5.74, 6) is -0.211. The predicted octanol–water partition coefficient (Wildman–Crippen LogP) is 4.06. The summed E-state index contributed by atoms with van der Waals surface area (Å²) in [5, 5.41) is 12.3. The van der Waals surface area contributed by atoms with Gasteiger partial charge in [-0.2, -0.15) is 0 Å². The number of nitrogens with one attached hydrogen (secondary N) is 2. The van der Waals surface area contributed by atoms with Gasteiger partial charge >= 0.3 is 0 Å². The smallest absolute Gasteiger partial charge is 0.263 e. The van der Waals surface area contributed by atoms with Gasteiger partial charge in [-0.25, -0.2) is 13.4 Å². The van der Waals surface area contributed by atoms with E-state index < -0.39 is 10.0 Å². The molecule has 0 atom stereocenters. The lowest BCUT2D eigenvalue weighted by atomic mass is 10.2. The average Bonchev–Trinajstić information content (AvgIpc) is 3.11. The minimum absolute atomic E-state index is 0.111. The second-order valence-electron chi connectivity index (χ2n) is 6.12. The van der Waals surface area contributed by atoms with Gasteiger partial charge in [-0.3, -0.25) is 9.52 Å². The van der Waals surface area contributed by atoms with Crippen LogP contribution in [0.15, 0.2) is 77.7 Å². The summed E-state index contributed by atoms with van der Waals surface area (Å²) in [6.45, 7) is 0. The molecular weight excluding hydrogens is 410 g/mol. The number of rotatable bonds is 5. The third kappa shape index (κ3) is 4.20. The first-order valence-electron chi connectivity index (χ1n) is 8.49. The van der Waals surface area contributed by atoms with Gasteiger partial charge in [0.2, 0.25) is 0 Å². The first kappa shape index (κ1) is 18.9. The Balaban J connectivity index is 1.56. The van der Waals surface area contributed by atoms with Gasteiger partial charge in [-0.15, -0.1) is 0 Å². The van der Waals surface area contributed by atoms with E-state index in [1.54, 1.807) is 48.5 Å². The molecule has 0 aliphatic heterocycles. The van der Waals surface area contributed by atoms with E-state index in [1.165, 1.54) is 24.3 Å². The number of fused-ring (bicyclic) bond motifs is 1. The molecule has 0 saturated heterocycles. The number of hydrogen-bond acceptors (Lipinski definition) is 6. The zero-order valence-corrected chi connectivity index (χ0v) is 16.5. The highest BCUT2D eigenvalue weighted by Crippen LogP contribution is 2.29. The maximum Gasteiger partial charge on any atom is 0.263 e. The van der Waals surface area contributed by atoms with Crippen molar-refractivity contribution in [1.29, 1.82) is 0 Å². The van der Waals surface area contributed by atoms with E-state index in [0.29, 0.717) is 21.5 Å². The second-order valence-corrected chi connectivity index (χ2v) is 8.83. The Morgan fingerprint density at radius 3 is 2.41 bits per heavy atom. The fraction of sp³-hybridized carbons (Fsp3) is 0. The number of nitrogens with zero attached hydrogens (tertiary/aromatic N) is 1. The molecular formula is C20H15N3O4S2. The summed E-state index contributed by atoms with van der Waals surface area (Å²) in [7, 11) is -3.73. The van der Waals surface area contributed by atoms with Gasteiger partial charge in [0.15, 0.2) is 5.13 Å². The number of aromatic hydroxyl groups is 1. The summed E-state index contributed by atoms with van der Waals surface area (Å²) in [6, 6.07) is 19.1. The van der Waals surface area contributed by atoms with E-state index >= 15 is 0 Å². The van der Waals surface area contributed by atoms with Gasteiger partial charge in [0.25, 0.3) is 15.9 Å². The minimum Gasteiger partial charge on any atom is -0.508 e. The molecule has 146 valence electrons. The Bertz CT molecular complexity index is 1280. The van der Waals surface area contributed by atoms with Gasteiger partial charge < -0.3 is 10.4 Å². The summed E-state index contributed by atoms with van der Waals surface area (Å²) in [6.07, 6.45) is 0. The van der Waals surface area contributed by atoms with Crippen LogP contribution in [-0.2, 0) is 10.0 Å². The molecule has 9 heteroatoms. The molecule has 0 radical (unpaired) electrons. The number of phenolic OH excluding ortho intramolecular Hbond substituents is 1. The summed E-state index contributed by atoms with van der Waals surface area (Å²) < 4.78 is 28.1. The van der Waals surface area contributed by atoms with Crippen molar-refractivity contribution in [2.75, 3.05) is 10.0 Å². The minimum atomic E-state index is -3.73. The molecule has 29 heavy (non-hydrogen) atoms. The van der Waals surface area contributed by atoms with Gasteiger partial charge in [0.1, 0.15) is 5.75 Å². The zero-order chi connectivity index (χ0) is 20.4. The van der Waals surface area contributed by atoms with Crippen molar-refractivity contribution < 1.29 is 18.3 Å². The highest BCUT2D eigenvalue weighted by molar-refractivity contribution is 7.93. The standard InChI is InChI=1S/C20H15N3O4S2/c24-15-9-7-14(8-10-15)21-19(25)13-6-11-17-18(12-13)28-20(22-17)23-29(26,27)16-4-2-1-3-5-16/h1-12,24H,(H,21,25)(H,22,23). The van der Waals surface area contributed by atoms with Crippen molar-refractivity contribution in [1.82, 2.24) is 4.98 Å².